The van der Waals surface area contributed by atoms with Crippen molar-refractivity contribution in [2.45, 2.75) is 31.6 Å². The number of pyridine rings is 1. The van der Waals surface area contributed by atoms with Crippen LogP contribution in [-0.4, -0.2) is 41.1 Å². The minimum atomic E-state index is -4.30. The minimum Gasteiger partial charge on any atom is -0.334 e. The molecule has 0 unspecified atom stereocenters. The van der Waals surface area contributed by atoms with E-state index in [4.69, 9.17) is 0 Å². The quantitative estimate of drug-likeness (QED) is 0.866. The van der Waals surface area contributed by atoms with Crippen molar-refractivity contribution >= 4 is 5.91 Å². The molecule has 0 bridgehead atoms. The molecular weight excluding hydrogens is 271 g/mol. The van der Waals surface area contributed by atoms with Crippen LogP contribution in [0.1, 0.15) is 18.4 Å². The molecule has 0 spiro atoms. The smallest absolute Gasteiger partial charge is 0.334 e. The third kappa shape index (κ3) is 4.80. The number of hydrogen-bond donors (Lipinski definition) is 1. The Balaban J connectivity index is 1.87. The summed E-state index contributed by atoms with van der Waals surface area (Å²) < 4.78 is 36.1. The first-order chi connectivity index (χ1) is 9.46. The van der Waals surface area contributed by atoms with Crippen molar-refractivity contribution in [3.05, 3.63) is 30.1 Å². The Morgan fingerprint density at radius 2 is 2.00 bits per heavy atom. The van der Waals surface area contributed by atoms with Crippen molar-refractivity contribution in [1.29, 1.82) is 0 Å². The Bertz CT molecular complexity index is 446. The maximum atomic E-state index is 12.0. The van der Waals surface area contributed by atoms with Crippen molar-refractivity contribution in [1.82, 2.24) is 15.2 Å². The van der Waals surface area contributed by atoms with Gasteiger partial charge in [-0.25, -0.2) is 0 Å². The average Bonchev–Trinajstić information content (AvgIpc) is 3.19. The van der Waals surface area contributed by atoms with Gasteiger partial charge in [0.05, 0.1) is 13.1 Å². The molecule has 0 aromatic carbocycles. The fraction of sp³-hybridized carbons (Fsp3) is 0.538. The highest BCUT2D eigenvalue weighted by atomic mass is 19.4. The fourth-order valence-corrected chi connectivity index (χ4v) is 1.90. The second-order valence-corrected chi connectivity index (χ2v) is 4.83. The molecule has 20 heavy (non-hydrogen) atoms. The zero-order chi connectivity index (χ0) is 14.6. The second-order valence-electron chi connectivity index (χ2n) is 4.83. The molecule has 1 heterocycles. The highest BCUT2D eigenvalue weighted by Gasteiger charge is 2.33. The Morgan fingerprint density at radius 1 is 1.35 bits per heavy atom. The zero-order valence-electron chi connectivity index (χ0n) is 10.9. The molecule has 0 radical (unpaired) electrons. The molecule has 4 nitrogen and oxygen atoms in total. The summed E-state index contributed by atoms with van der Waals surface area (Å²) in [6.07, 6.45) is 0.793. The van der Waals surface area contributed by atoms with Crippen molar-refractivity contribution in [3.8, 4) is 0 Å². The molecule has 0 saturated heterocycles. The molecule has 1 aromatic rings. The SMILES string of the molecule is O=C(CNCC(F)(F)F)N(Cc1ccncc1)C1CC1. The van der Waals surface area contributed by atoms with E-state index in [2.05, 4.69) is 10.3 Å². The van der Waals surface area contributed by atoms with Crippen LogP contribution < -0.4 is 5.32 Å². The van der Waals surface area contributed by atoms with Crippen LogP contribution in [0.5, 0.6) is 0 Å². The van der Waals surface area contributed by atoms with Crippen LogP contribution in [0.3, 0.4) is 0 Å². The summed E-state index contributed by atoms with van der Waals surface area (Å²) in [6, 6.07) is 3.75. The number of nitrogens with one attached hydrogen (secondary N) is 1. The number of aromatic nitrogens is 1. The van der Waals surface area contributed by atoms with Gasteiger partial charge in [-0.15, -0.1) is 0 Å². The zero-order valence-corrected chi connectivity index (χ0v) is 10.9. The summed E-state index contributed by atoms with van der Waals surface area (Å²) in [5.74, 6) is -0.298. The highest BCUT2D eigenvalue weighted by molar-refractivity contribution is 5.79. The van der Waals surface area contributed by atoms with Crippen LogP contribution in [0, 0.1) is 0 Å². The molecule has 1 N–H and O–H groups in total. The first kappa shape index (κ1) is 14.8. The molecule has 1 aliphatic carbocycles. The van der Waals surface area contributed by atoms with Crippen LogP contribution in [0.25, 0.3) is 0 Å². The largest absolute Gasteiger partial charge is 0.401 e. The Hall–Kier alpha value is -1.63. The second kappa shape index (κ2) is 6.21. The van der Waals surface area contributed by atoms with Crippen LogP contribution in [-0.2, 0) is 11.3 Å². The predicted molar refractivity (Wildman–Crippen MR) is 66.7 cm³/mol. The van der Waals surface area contributed by atoms with Crippen LogP contribution in [0.15, 0.2) is 24.5 Å². The van der Waals surface area contributed by atoms with Crippen LogP contribution in [0.2, 0.25) is 0 Å². The number of amides is 1. The summed E-state index contributed by atoms with van der Waals surface area (Å²) in [5.41, 5.74) is 0.927. The van der Waals surface area contributed by atoms with Gasteiger partial charge in [0.2, 0.25) is 5.91 Å². The van der Waals surface area contributed by atoms with Gasteiger partial charge in [0.1, 0.15) is 0 Å². The number of carbonyl (C=O) groups is 1. The van der Waals surface area contributed by atoms with E-state index in [1.165, 1.54) is 0 Å². The van der Waals surface area contributed by atoms with Gasteiger partial charge in [0, 0.05) is 25.0 Å². The van der Waals surface area contributed by atoms with E-state index in [1.807, 2.05) is 0 Å². The molecule has 0 atom stereocenters. The van der Waals surface area contributed by atoms with Gasteiger partial charge in [0.25, 0.3) is 0 Å². The summed E-state index contributed by atoms with van der Waals surface area (Å²) >= 11 is 0. The predicted octanol–water partition coefficient (Wildman–Crippen LogP) is 1.72. The van der Waals surface area contributed by atoms with Gasteiger partial charge < -0.3 is 10.2 Å². The number of carbonyl (C=O) groups excluding carboxylic acids is 1. The molecular formula is C13H16F3N3O. The summed E-state index contributed by atoms with van der Waals surface area (Å²) in [6.45, 7) is -1.02. The van der Waals surface area contributed by atoms with E-state index in [9.17, 15) is 18.0 Å². The van der Waals surface area contributed by atoms with Crippen molar-refractivity contribution in [2.75, 3.05) is 13.1 Å². The fourth-order valence-electron chi connectivity index (χ4n) is 1.90. The molecule has 1 aromatic heterocycles. The standard InChI is InChI=1S/C13H16F3N3O/c14-13(15,16)9-18-7-12(20)19(11-1-2-11)8-10-3-5-17-6-4-10/h3-6,11,18H,1-2,7-9H2. The van der Waals surface area contributed by atoms with Crippen molar-refractivity contribution in [2.24, 2.45) is 0 Å². The van der Waals surface area contributed by atoms with E-state index >= 15 is 0 Å². The molecule has 1 saturated carbocycles. The molecule has 2 rings (SSSR count). The maximum absolute atomic E-state index is 12.0. The van der Waals surface area contributed by atoms with Crippen LogP contribution in [0.4, 0.5) is 13.2 Å². The molecule has 0 aliphatic heterocycles. The highest BCUT2D eigenvalue weighted by Crippen LogP contribution is 2.28. The molecule has 1 amide bonds. The summed E-state index contributed by atoms with van der Waals surface area (Å²) in [4.78, 5) is 17.5. The topological polar surface area (TPSA) is 45.2 Å². The monoisotopic (exact) mass is 287 g/mol. The Kier molecular flexibility index (Phi) is 4.59. The van der Waals surface area contributed by atoms with Crippen molar-refractivity contribution in [3.63, 3.8) is 0 Å². The number of rotatable bonds is 6. The lowest BCUT2D eigenvalue weighted by Crippen LogP contribution is -2.41. The molecule has 110 valence electrons. The van der Waals surface area contributed by atoms with Gasteiger partial charge in [-0.3, -0.25) is 9.78 Å². The van der Waals surface area contributed by atoms with Crippen LogP contribution >= 0.6 is 0 Å². The lowest BCUT2D eigenvalue weighted by Gasteiger charge is -2.23. The van der Waals surface area contributed by atoms with E-state index in [0.29, 0.717) is 6.54 Å². The third-order valence-corrected chi connectivity index (χ3v) is 3.01. The average molecular weight is 287 g/mol. The van der Waals surface area contributed by atoms with E-state index in [-0.39, 0.29) is 18.5 Å². The minimum absolute atomic E-state index is 0.156. The van der Waals surface area contributed by atoms with Gasteiger partial charge in [-0.1, -0.05) is 0 Å². The van der Waals surface area contributed by atoms with Gasteiger partial charge in [-0.2, -0.15) is 13.2 Å². The first-order valence-electron chi connectivity index (χ1n) is 6.41. The molecule has 1 fully saturated rings. The Labute approximate surface area is 115 Å². The van der Waals surface area contributed by atoms with E-state index in [1.54, 1.807) is 29.4 Å². The van der Waals surface area contributed by atoms with E-state index in [0.717, 1.165) is 18.4 Å². The number of nitrogens with zero attached hydrogens (tertiary/aromatic N) is 2. The van der Waals surface area contributed by atoms with Gasteiger partial charge in [0.15, 0.2) is 0 Å². The first-order valence-corrected chi connectivity index (χ1v) is 6.41. The third-order valence-electron chi connectivity index (χ3n) is 3.01. The maximum Gasteiger partial charge on any atom is 0.401 e. The lowest BCUT2D eigenvalue weighted by atomic mass is 10.2. The van der Waals surface area contributed by atoms with Gasteiger partial charge in [-0.05, 0) is 30.5 Å². The van der Waals surface area contributed by atoms with Gasteiger partial charge >= 0.3 is 6.18 Å². The Morgan fingerprint density at radius 3 is 2.55 bits per heavy atom. The molecule has 7 heteroatoms. The number of halogens is 3. The summed E-state index contributed by atoms with van der Waals surface area (Å²) in [7, 11) is 0. The molecule has 1 aliphatic rings. The number of alkyl halides is 3. The number of hydrogen-bond acceptors (Lipinski definition) is 3. The lowest BCUT2D eigenvalue weighted by molar-refractivity contribution is -0.135. The summed E-state index contributed by atoms with van der Waals surface area (Å²) in [5, 5.41) is 2.15. The normalized spacial score (nSPS) is 15.2. The van der Waals surface area contributed by atoms with Crippen molar-refractivity contribution < 1.29 is 18.0 Å². The van der Waals surface area contributed by atoms with E-state index < -0.39 is 12.7 Å².